The molecule has 0 unspecified atom stereocenters. The van der Waals surface area contributed by atoms with Crippen molar-refractivity contribution in [3.8, 4) is 0 Å². The minimum absolute atomic E-state index is 0. The van der Waals surface area contributed by atoms with Crippen molar-refractivity contribution in [3.05, 3.63) is 17.6 Å². The summed E-state index contributed by atoms with van der Waals surface area (Å²) >= 11 is 1.92. The zero-order valence-electron chi connectivity index (χ0n) is 14.5. The number of nitrogens with zero attached hydrogens (tertiary/aromatic N) is 4. The van der Waals surface area contributed by atoms with E-state index in [9.17, 15) is 0 Å². The van der Waals surface area contributed by atoms with E-state index in [-0.39, 0.29) is 24.8 Å². The predicted molar refractivity (Wildman–Crippen MR) is 108 cm³/mol. The molecule has 1 aromatic rings. The molecule has 2 N–H and O–H groups in total. The fraction of sp³-hybridized carbons (Fsp3) is 0.750. The third-order valence-electron chi connectivity index (χ3n) is 4.74. The summed E-state index contributed by atoms with van der Waals surface area (Å²) in [6.45, 7) is 7.59. The highest BCUT2D eigenvalue weighted by molar-refractivity contribution is 7.98. The summed E-state index contributed by atoms with van der Waals surface area (Å²) in [6.07, 6.45) is 4.31. The molecule has 138 valence electrons. The van der Waals surface area contributed by atoms with E-state index in [4.69, 9.17) is 5.73 Å². The van der Waals surface area contributed by atoms with Gasteiger partial charge in [0.05, 0.1) is 0 Å². The summed E-state index contributed by atoms with van der Waals surface area (Å²) in [5, 5.41) is 0. The third kappa shape index (κ3) is 5.36. The average Bonchev–Trinajstić information content (AvgIpc) is 2.49. The second-order valence-corrected chi connectivity index (χ2v) is 7.43. The number of anilines is 1. The number of rotatable bonds is 5. The first-order valence-corrected chi connectivity index (χ1v) is 9.62. The van der Waals surface area contributed by atoms with Gasteiger partial charge in [-0.25, -0.2) is 9.97 Å². The topological polar surface area (TPSA) is 58.3 Å². The van der Waals surface area contributed by atoms with Gasteiger partial charge in [0.25, 0.3) is 0 Å². The van der Waals surface area contributed by atoms with Crippen LogP contribution in [-0.4, -0.2) is 65.6 Å². The Morgan fingerprint density at radius 1 is 1.17 bits per heavy atom. The van der Waals surface area contributed by atoms with Gasteiger partial charge in [0.15, 0.2) is 0 Å². The van der Waals surface area contributed by atoms with Gasteiger partial charge in [-0.1, -0.05) is 0 Å². The molecule has 8 heteroatoms. The molecule has 1 aliphatic carbocycles. The standard InChI is InChI=1S/C16H27N5S.2ClH/c1-12-18-15(13-9-14(17)10-13)11-16(19-12)21-5-3-20(4-6-21)7-8-22-2;;/h11,13-14H,3-10,17H2,1-2H3;2*1H. The molecular formula is C16H29Cl2N5S. The molecule has 24 heavy (non-hydrogen) atoms. The van der Waals surface area contributed by atoms with Gasteiger partial charge in [0, 0.05) is 62.2 Å². The first kappa shape index (κ1) is 21.8. The molecule has 1 aromatic heterocycles. The molecule has 1 saturated heterocycles. The largest absolute Gasteiger partial charge is 0.354 e. The van der Waals surface area contributed by atoms with Gasteiger partial charge in [0.2, 0.25) is 0 Å². The monoisotopic (exact) mass is 393 g/mol. The number of nitrogens with two attached hydrogens (primary N) is 1. The molecule has 0 bridgehead atoms. The van der Waals surface area contributed by atoms with Gasteiger partial charge in [-0.2, -0.15) is 11.8 Å². The van der Waals surface area contributed by atoms with Crippen LogP contribution in [0.15, 0.2) is 6.07 Å². The minimum atomic E-state index is 0. The Hall–Kier alpha value is -0.270. The highest BCUT2D eigenvalue weighted by Crippen LogP contribution is 2.35. The molecule has 0 aromatic carbocycles. The lowest BCUT2D eigenvalue weighted by molar-refractivity contribution is 0.272. The lowest BCUT2D eigenvalue weighted by Crippen LogP contribution is -2.47. The summed E-state index contributed by atoms with van der Waals surface area (Å²) in [5.74, 6) is 3.75. The van der Waals surface area contributed by atoms with E-state index < -0.39 is 0 Å². The van der Waals surface area contributed by atoms with Crippen LogP contribution < -0.4 is 10.6 Å². The summed E-state index contributed by atoms with van der Waals surface area (Å²) < 4.78 is 0. The number of aromatic nitrogens is 2. The van der Waals surface area contributed by atoms with Gasteiger partial charge < -0.3 is 10.6 Å². The SMILES string of the molecule is CSCCN1CCN(c2cc(C3CC(N)C3)nc(C)n2)CC1.Cl.Cl. The number of halogens is 2. The van der Waals surface area contributed by atoms with Crippen molar-refractivity contribution in [2.45, 2.75) is 31.7 Å². The van der Waals surface area contributed by atoms with Crippen molar-refractivity contribution < 1.29 is 0 Å². The summed E-state index contributed by atoms with van der Waals surface area (Å²) in [5.41, 5.74) is 7.11. The van der Waals surface area contributed by atoms with E-state index >= 15 is 0 Å². The second-order valence-electron chi connectivity index (χ2n) is 6.45. The van der Waals surface area contributed by atoms with Crippen LogP contribution in [0.5, 0.6) is 0 Å². The Morgan fingerprint density at radius 2 is 1.83 bits per heavy atom. The Balaban J connectivity index is 0.00000144. The van der Waals surface area contributed by atoms with Crippen LogP contribution in [0.1, 0.15) is 30.3 Å². The number of thioether (sulfide) groups is 1. The first-order chi connectivity index (χ1) is 10.7. The summed E-state index contributed by atoms with van der Waals surface area (Å²) in [7, 11) is 0. The van der Waals surface area contributed by atoms with Gasteiger partial charge in [-0.3, -0.25) is 4.90 Å². The molecular weight excluding hydrogens is 365 g/mol. The van der Waals surface area contributed by atoms with E-state index in [0.29, 0.717) is 12.0 Å². The maximum atomic E-state index is 5.92. The fourth-order valence-electron chi connectivity index (χ4n) is 3.27. The molecule has 1 aliphatic heterocycles. The number of hydrogen-bond donors (Lipinski definition) is 1. The van der Waals surface area contributed by atoms with E-state index in [0.717, 1.165) is 50.7 Å². The third-order valence-corrected chi connectivity index (χ3v) is 5.34. The molecule has 0 radical (unpaired) electrons. The number of piperazine rings is 1. The Bertz CT molecular complexity index is 505. The highest BCUT2D eigenvalue weighted by Gasteiger charge is 2.29. The van der Waals surface area contributed by atoms with Crippen molar-refractivity contribution in [1.82, 2.24) is 14.9 Å². The molecule has 2 heterocycles. The van der Waals surface area contributed by atoms with Crippen molar-refractivity contribution in [2.24, 2.45) is 5.73 Å². The van der Waals surface area contributed by atoms with Crippen LogP contribution in [-0.2, 0) is 0 Å². The Labute approximate surface area is 162 Å². The van der Waals surface area contributed by atoms with Crippen molar-refractivity contribution in [3.63, 3.8) is 0 Å². The van der Waals surface area contributed by atoms with E-state index in [1.54, 1.807) is 0 Å². The molecule has 0 spiro atoms. The molecule has 1 saturated carbocycles. The lowest BCUT2D eigenvalue weighted by Gasteiger charge is -2.36. The van der Waals surface area contributed by atoms with Crippen molar-refractivity contribution in [1.29, 1.82) is 0 Å². The Morgan fingerprint density at radius 3 is 2.42 bits per heavy atom. The van der Waals surface area contributed by atoms with Crippen LogP contribution in [0.3, 0.4) is 0 Å². The van der Waals surface area contributed by atoms with Crippen molar-refractivity contribution >= 4 is 42.4 Å². The smallest absolute Gasteiger partial charge is 0.132 e. The molecule has 3 rings (SSSR count). The van der Waals surface area contributed by atoms with Crippen LogP contribution in [0, 0.1) is 6.92 Å². The fourth-order valence-corrected chi connectivity index (χ4v) is 3.71. The minimum Gasteiger partial charge on any atom is -0.354 e. The van der Waals surface area contributed by atoms with Gasteiger partial charge in [0.1, 0.15) is 11.6 Å². The average molecular weight is 394 g/mol. The van der Waals surface area contributed by atoms with Crippen LogP contribution >= 0.6 is 36.6 Å². The quantitative estimate of drug-likeness (QED) is 0.827. The van der Waals surface area contributed by atoms with Gasteiger partial charge in [-0.15, -0.1) is 24.8 Å². The molecule has 0 atom stereocenters. The highest BCUT2D eigenvalue weighted by atomic mass is 35.5. The summed E-state index contributed by atoms with van der Waals surface area (Å²) in [6, 6.07) is 2.56. The first-order valence-electron chi connectivity index (χ1n) is 8.23. The summed E-state index contributed by atoms with van der Waals surface area (Å²) in [4.78, 5) is 14.3. The van der Waals surface area contributed by atoms with Gasteiger partial charge in [-0.05, 0) is 26.0 Å². The second kappa shape index (κ2) is 10.0. The number of aryl methyl sites for hydroxylation is 1. The normalized spacial score (nSPS) is 23.9. The molecule has 5 nitrogen and oxygen atoms in total. The number of hydrogen-bond acceptors (Lipinski definition) is 6. The van der Waals surface area contributed by atoms with Crippen LogP contribution in [0.2, 0.25) is 0 Å². The zero-order valence-corrected chi connectivity index (χ0v) is 16.9. The zero-order chi connectivity index (χ0) is 15.5. The van der Waals surface area contributed by atoms with E-state index in [1.165, 1.54) is 18.0 Å². The van der Waals surface area contributed by atoms with E-state index in [1.807, 2.05) is 18.7 Å². The van der Waals surface area contributed by atoms with Crippen molar-refractivity contribution in [2.75, 3.05) is 49.6 Å². The van der Waals surface area contributed by atoms with Gasteiger partial charge >= 0.3 is 0 Å². The van der Waals surface area contributed by atoms with Crippen LogP contribution in [0.4, 0.5) is 5.82 Å². The predicted octanol–water partition coefficient (Wildman–Crippen LogP) is 2.32. The Kier molecular flexibility index (Phi) is 9.09. The molecule has 2 fully saturated rings. The maximum Gasteiger partial charge on any atom is 0.132 e. The lowest BCUT2D eigenvalue weighted by atomic mass is 9.78. The maximum absolute atomic E-state index is 5.92. The van der Waals surface area contributed by atoms with Crippen LogP contribution in [0.25, 0.3) is 0 Å². The molecule has 0 amide bonds. The molecule has 2 aliphatic rings. The van der Waals surface area contributed by atoms with E-state index in [2.05, 4.69) is 32.1 Å².